The second kappa shape index (κ2) is 6.90. The summed E-state index contributed by atoms with van der Waals surface area (Å²) in [6, 6.07) is 19.1. The summed E-state index contributed by atoms with van der Waals surface area (Å²) in [5.74, 6) is 0. The van der Waals surface area contributed by atoms with Gasteiger partial charge in [0.25, 0.3) is 0 Å². The quantitative estimate of drug-likeness (QED) is 0.684. The fourth-order valence-corrected chi connectivity index (χ4v) is 3.43. The molecule has 0 radical (unpaired) electrons. The second-order valence-corrected chi connectivity index (χ2v) is 6.64. The number of nitrogens with one attached hydrogen (secondary N) is 2. The largest absolute Gasteiger partial charge is 0.358 e. The molecule has 0 amide bonds. The molecule has 0 saturated carbocycles. The molecule has 0 aliphatic carbocycles. The van der Waals surface area contributed by atoms with Gasteiger partial charge in [0, 0.05) is 4.88 Å². The first-order valence-electron chi connectivity index (χ1n) is 7.28. The predicted octanol–water partition coefficient (Wildman–Crippen LogP) is 4.63. The topological polar surface area (TPSA) is 24.1 Å². The normalized spacial score (nSPS) is 12.0. The van der Waals surface area contributed by atoms with Crippen molar-refractivity contribution in [3.63, 3.8) is 0 Å². The molecule has 0 saturated heterocycles. The van der Waals surface area contributed by atoms with Gasteiger partial charge in [-0.3, -0.25) is 0 Å². The van der Waals surface area contributed by atoms with E-state index >= 15 is 0 Å². The first-order chi connectivity index (χ1) is 10.7. The molecular weight excluding hydrogens is 308 g/mol. The van der Waals surface area contributed by atoms with Crippen LogP contribution in [0.15, 0.2) is 60.0 Å². The smallest absolute Gasteiger partial charge is 0.167 e. The zero-order valence-electron chi connectivity index (χ0n) is 12.4. The Bertz CT molecular complexity index is 760. The molecule has 0 unspecified atom stereocenters. The molecule has 0 fully saturated rings. The van der Waals surface area contributed by atoms with Crippen molar-refractivity contribution in [3.05, 3.63) is 70.4 Å². The van der Waals surface area contributed by atoms with Crippen LogP contribution in [0.4, 0.5) is 0 Å². The van der Waals surface area contributed by atoms with Gasteiger partial charge in [0.15, 0.2) is 5.11 Å². The summed E-state index contributed by atoms with van der Waals surface area (Å²) >= 11 is 7.14. The highest BCUT2D eigenvalue weighted by molar-refractivity contribution is 7.80. The first-order valence-corrected chi connectivity index (χ1v) is 8.57. The SMILES string of the molecule is C[C@H](NC(=S)NCc1cccs1)c1cccc2ccccc12. The third kappa shape index (κ3) is 3.46. The van der Waals surface area contributed by atoms with Crippen LogP contribution in [0, 0.1) is 0 Å². The Labute approximate surface area is 140 Å². The Morgan fingerprint density at radius 1 is 1.09 bits per heavy atom. The van der Waals surface area contributed by atoms with Crippen LogP contribution in [0.2, 0.25) is 0 Å². The number of fused-ring (bicyclic) bond motifs is 1. The minimum absolute atomic E-state index is 0.162. The average molecular weight is 326 g/mol. The van der Waals surface area contributed by atoms with E-state index in [2.05, 4.69) is 77.5 Å². The maximum absolute atomic E-state index is 5.41. The van der Waals surface area contributed by atoms with Crippen molar-refractivity contribution in [3.8, 4) is 0 Å². The van der Waals surface area contributed by atoms with Crippen molar-refractivity contribution in [1.82, 2.24) is 10.6 Å². The third-order valence-electron chi connectivity index (χ3n) is 3.64. The fraction of sp³-hybridized carbons (Fsp3) is 0.167. The van der Waals surface area contributed by atoms with Crippen LogP contribution >= 0.6 is 23.6 Å². The van der Waals surface area contributed by atoms with Gasteiger partial charge in [-0.25, -0.2) is 0 Å². The average Bonchev–Trinajstić information content (AvgIpc) is 3.06. The van der Waals surface area contributed by atoms with Crippen molar-refractivity contribution < 1.29 is 0 Å². The standard InChI is InChI=1S/C18H18N2S2/c1-13(20-18(21)19-12-15-8-5-11-22-15)16-10-4-7-14-6-2-3-9-17(14)16/h2-11,13H,12H2,1H3,(H2,19,20,21)/t13-/m0/s1. The van der Waals surface area contributed by atoms with Gasteiger partial charge in [0.2, 0.25) is 0 Å². The van der Waals surface area contributed by atoms with Crippen molar-refractivity contribution in [2.75, 3.05) is 0 Å². The zero-order valence-corrected chi connectivity index (χ0v) is 14.0. The number of hydrogen-bond donors (Lipinski definition) is 2. The molecule has 22 heavy (non-hydrogen) atoms. The van der Waals surface area contributed by atoms with E-state index in [1.54, 1.807) is 11.3 Å². The highest BCUT2D eigenvalue weighted by Gasteiger charge is 2.10. The van der Waals surface area contributed by atoms with E-state index in [0.717, 1.165) is 6.54 Å². The lowest BCUT2D eigenvalue weighted by Gasteiger charge is -2.19. The fourth-order valence-electron chi connectivity index (χ4n) is 2.53. The van der Waals surface area contributed by atoms with E-state index in [9.17, 15) is 0 Å². The molecule has 0 bridgehead atoms. The molecule has 2 nitrogen and oxygen atoms in total. The number of thiocarbonyl (C=S) groups is 1. The van der Waals surface area contributed by atoms with Gasteiger partial charge < -0.3 is 10.6 Å². The first kappa shape index (κ1) is 15.0. The van der Waals surface area contributed by atoms with Gasteiger partial charge in [0.1, 0.15) is 0 Å². The van der Waals surface area contributed by atoms with Gasteiger partial charge in [-0.15, -0.1) is 11.3 Å². The van der Waals surface area contributed by atoms with Crippen LogP contribution in [-0.2, 0) is 6.54 Å². The third-order valence-corrected chi connectivity index (χ3v) is 4.78. The minimum Gasteiger partial charge on any atom is -0.358 e. The summed E-state index contributed by atoms with van der Waals surface area (Å²) in [4.78, 5) is 1.28. The summed E-state index contributed by atoms with van der Waals surface area (Å²) < 4.78 is 0. The second-order valence-electron chi connectivity index (χ2n) is 5.20. The molecule has 4 heteroatoms. The molecule has 0 spiro atoms. The Morgan fingerprint density at radius 3 is 2.73 bits per heavy atom. The summed E-state index contributed by atoms with van der Waals surface area (Å²) in [7, 11) is 0. The van der Waals surface area contributed by atoms with Gasteiger partial charge in [-0.05, 0) is 46.9 Å². The lowest BCUT2D eigenvalue weighted by atomic mass is 10.00. The van der Waals surface area contributed by atoms with E-state index in [1.807, 2.05) is 0 Å². The Morgan fingerprint density at radius 2 is 1.91 bits per heavy atom. The van der Waals surface area contributed by atoms with Crippen LogP contribution in [0.3, 0.4) is 0 Å². The zero-order chi connectivity index (χ0) is 15.4. The van der Waals surface area contributed by atoms with Crippen molar-refractivity contribution in [2.24, 2.45) is 0 Å². The Balaban J connectivity index is 1.68. The van der Waals surface area contributed by atoms with Crippen molar-refractivity contribution >= 4 is 39.4 Å². The van der Waals surface area contributed by atoms with E-state index in [0.29, 0.717) is 5.11 Å². The van der Waals surface area contributed by atoms with Gasteiger partial charge in [-0.2, -0.15) is 0 Å². The molecule has 2 N–H and O–H groups in total. The van der Waals surface area contributed by atoms with E-state index in [4.69, 9.17) is 12.2 Å². The summed E-state index contributed by atoms with van der Waals surface area (Å²) in [5, 5.41) is 11.9. The molecule has 3 aromatic rings. The van der Waals surface area contributed by atoms with Crippen LogP contribution in [-0.4, -0.2) is 5.11 Å². The van der Waals surface area contributed by atoms with Gasteiger partial charge in [0.05, 0.1) is 12.6 Å². The van der Waals surface area contributed by atoms with Gasteiger partial charge in [-0.1, -0.05) is 48.5 Å². The highest BCUT2D eigenvalue weighted by Crippen LogP contribution is 2.23. The van der Waals surface area contributed by atoms with Crippen molar-refractivity contribution in [1.29, 1.82) is 0 Å². The monoisotopic (exact) mass is 326 g/mol. The van der Waals surface area contributed by atoms with Crippen molar-refractivity contribution in [2.45, 2.75) is 19.5 Å². The Kier molecular flexibility index (Phi) is 4.71. The molecule has 2 aromatic carbocycles. The van der Waals surface area contributed by atoms with Gasteiger partial charge >= 0.3 is 0 Å². The number of rotatable bonds is 4. The molecule has 0 aliphatic rings. The lowest BCUT2D eigenvalue weighted by Crippen LogP contribution is -2.36. The molecule has 112 valence electrons. The maximum Gasteiger partial charge on any atom is 0.167 e. The Hall–Kier alpha value is -1.91. The number of benzene rings is 2. The minimum atomic E-state index is 0.162. The van der Waals surface area contributed by atoms with E-state index in [1.165, 1.54) is 21.2 Å². The van der Waals surface area contributed by atoms with Crippen LogP contribution in [0.1, 0.15) is 23.4 Å². The van der Waals surface area contributed by atoms with Crippen LogP contribution < -0.4 is 10.6 Å². The van der Waals surface area contributed by atoms with E-state index in [-0.39, 0.29) is 6.04 Å². The maximum atomic E-state index is 5.41. The van der Waals surface area contributed by atoms with E-state index < -0.39 is 0 Å². The molecule has 1 heterocycles. The highest BCUT2D eigenvalue weighted by atomic mass is 32.1. The van der Waals surface area contributed by atoms with Crippen LogP contribution in [0.5, 0.6) is 0 Å². The van der Waals surface area contributed by atoms with Crippen LogP contribution in [0.25, 0.3) is 10.8 Å². The molecule has 1 atom stereocenters. The summed E-state index contributed by atoms with van der Waals surface area (Å²) in [6.07, 6.45) is 0. The summed E-state index contributed by atoms with van der Waals surface area (Å²) in [6.45, 7) is 2.91. The molecule has 1 aromatic heterocycles. The summed E-state index contributed by atoms with van der Waals surface area (Å²) in [5.41, 5.74) is 1.26. The number of thiophene rings is 1. The number of hydrogen-bond acceptors (Lipinski definition) is 2. The lowest BCUT2D eigenvalue weighted by molar-refractivity contribution is 0.704. The predicted molar refractivity (Wildman–Crippen MR) is 99.3 cm³/mol. The molecular formula is C18H18N2S2. The molecule has 3 rings (SSSR count). The molecule has 0 aliphatic heterocycles.